The predicted octanol–water partition coefficient (Wildman–Crippen LogP) is 0.526. The molecule has 0 saturated heterocycles. The second kappa shape index (κ2) is 5.78. The largest absolute Gasteiger partial charge is 0.476 e. The fourth-order valence-corrected chi connectivity index (χ4v) is 1.60. The van der Waals surface area contributed by atoms with Gasteiger partial charge in [0.2, 0.25) is 5.91 Å². The Morgan fingerprint density at radius 2 is 1.76 bits per heavy atom. The van der Waals surface area contributed by atoms with Crippen molar-refractivity contribution in [1.82, 2.24) is 9.97 Å². The van der Waals surface area contributed by atoms with Crippen LogP contribution in [-0.4, -0.2) is 32.9 Å². The number of nitrogens with one attached hydrogen (secondary N) is 1. The smallest absolute Gasteiger partial charge is 0.356 e. The van der Waals surface area contributed by atoms with Gasteiger partial charge in [-0.1, -0.05) is 6.07 Å². The molecular formula is C13H10N4O4. The van der Waals surface area contributed by atoms with Gasteiger partial charge in [0.15, 0.2) is 11.4 Å². The molecule has 2 rings (SSSR count). The number of carboxylic acid groups (broad SMARTS) is 1. The van der Waals surface area contributed by atoms with Crippen molar-refractivity contribution in [2.75, 3.05) is 5.32 Å². The van der Waals surface area contributed by atoms with Crippen molar-refractivity contribution < 1.29 is 19.5 Å². The number of aromatic carboxylic acids is 1. The second-order valence-corrected chi connectivity index (χ2v) is 3.96. The zero-order valence-corrected chi connectivity index (χ0v) is 10.6. The zero-order valence-electron chi connectivity index (χ0n) is 10.6. The lowest BCUT2D eigenvalue weighted by Gasteiger charge is -2.07. The third-order valence-electron chi connectivity index (χ3n) is 2.52. The Morgan fingerprint density at radius 3 is 2.38 bits per heavy atom. The van der Waals surface area contributed by atoms with Crippen LogP contribution in [0.4, 0.5) is 5.69 Å². The van der Waals surface area contributed by atoms with Crippen molar-refractivity contribution in [3.05, 3.63) is 53.6 Å². The van der Waals surface area contributed by atoms with Crippen LogP contribution in [-0.2, 0) is 0 Å². The van der Waals surface area contributed by atoms with Gasteiger partial charge >= 0.3 is 5.97 Å². The molecule has 106 valence electrons. The SMILES string of the molecule is NC(=O)c1cccc(NC(=O)c2nccnc2C(=O)O)c1. The number of nitrogens with zero attached hydrogens (tertiary/aromatic N) is 2. The lowest BCUT2D eigenvalue weighted by molar-refractivity contribution is 0.0684. The molecule has 0 unspecified atom stereocenters. The minimum atomic E-state index is -1.36. The summed E-state index contributed by atoms with van der Waals surface area (Å²) in [4.78, 5) is 41.4. The second-order valence-electron chi connectivity index (χ2n) is 3.96. The lowest BCUT2D eigenvalue weighted by atomic mass is 10.2. The van der Waals surface area contributed by atoms with Crippen LogP contribution in [0.3, 0.4) is 0 Å². The first-order chi connectivity index (χ1) is 9.99. The molecule has 0 fully saturated rings. The molecule has 0 saturated carbocycles. The Morgan fingerprint density at radius 1 is 1.10 bits per heavy atom. The molecule has 0 bridgehead atoms. The van der Waals surface area contributed by atoms with Crippen molar-refractivity contribution >= 4 is 23.5 Å². The van der Waals surface area contributed by atoms with Crippen molar-refractivity contribution in [3.63, 3.8) is 0 Å². The van der Waals surface area contributed by atoms with Crippen LogP contribution in [0.1, 0.15) is 31.3 Å². The van der Waals surface area contributed by atoms with Gasteiger partial charge in [0.25, 0.3) is 5.91 Å². The molecule has 8 nitrogen and oxygen atoms in total. The average Bonchev–Trinajstić information content (AvgIpc) is 2.47. The maximum absolute atomic E-state index is 12.0. The van der Waals surface area contributed by atoms with E-state index < -0.39 is 23.5 Å². The Kier molecular flexibility index (Phi) is 3.89. The summed E-state index contributed by atoms with van der Waals surface area (Å²) in [6, 6.07) is 5.92. The van der Waals surface area contributed by atoms with Crippen molar-refractivity contribution in [2.45, 2.75) is 0 Å². The van der Waals surface area contributed by atoms with E-state index in [0.29, 0.717) is 5.69 Å². The number of carbonyl (C=O) groups is 3. The highest BCUT2D eigenvalue weighted by Crippen LogP contribution is 2.12. The highest BCUT2D eigenvalue weighted by atomic mass is 16.4. The number of primary amides is 1. The summed E-state index contributed by atoms with van der Waals surface area (Å²) in [5.74, 6) is -2.75. The first kappa shape index (κ1) is 14.1. The molecule has 2 aromatic rings. The van der Waals surface area contributed by atoms with Crippen molar-refractivity contribution in [1.29, 1.82) is 0 Å². The lowest BCUT2D eigenvalue weighted by Crippen LogP contribution is -2.20. The number of rotatable bonds is 4. The van der Waals surface area contributed by atoms with Gasteiger partial charge in [-0.2, -0.15) is 0 Å². The molecule has 0 radical (unpaired) electrons. The van der Waals surface area contributed by atoms with Gasteiger partial charge in [0.1, 0.15) is 0 Å². The molecule has 4 N–H and O–H groups in total. The van der Waals surface area contributed by atoms with Gasteiger partial charge in [-0.05, 0) is 18.2 Å². The van der Waals surface area contributed by atoms with E-state index in [9.17, 15) is 14.4 Å². The van der Waals surface area contributed by atoms with E-state index in [2.05, 4.69) is 15.3 Å². The van der Waals surface area contributed by atoms with Crippen LogP contribution in [0, 0.1) is 0 Å². The Labute approximate surface area is 118 Å². The normalized spacial score (nSPS) is 9.90. The van der Waals surface area contributed by atoms with Crippen LogP contribution < -0.4 is 11.1 Å². The summed E-state index contributed by atoms with van der Waals surface area (Å²) in [6.07, 6.45) is 2.38. The number of nitrogens with two attached hydrogens (primary N) is 1. The number of anilines is 1. The highest BCUT2D eigenvalue weighted by Gasteiger charge is 2.19. The number of hydrogen-bond donors (Lipinski definition) is 3. The van der Waals surface area contributed by atoms with Crippen LogP contribution in [0.15, 0.2) is 36.7 Å². The molecule has 1 aromatic carbocycles. The fraction of sp³-hybridized carbons (Fsp3) is 0. The molecule has 0 aliphatic carbocycles. The third-order valence-corrected chi connectivity index (χ3v) is 2.52. The van der Waals surface area contributed by atoms with E-state index in [1.165, 1.54) is 36.7 Å². The minimum absolute atomic E-state index is 0.213. The molecular weight excluding hydrogens is 276 g/mol. The molecule has 21 heavy (non-hydrogen) atoms. The summed E-state index contributed by atoms with van der Waals surface area (Å²) in [5.41, 5.74) is 4.86. The molecule has 1 heterocycles. The molecule has 0 aliphatic rings. The summed E-state index contributed by atoms with van der Waals surface area (Å²) in [6.45, 7) is 0. The number of carbonyl (C=O) groups excluding carboxylic acids is 2. The number of amides is 2. The summed E-state index contributed by atoms with van der Waals surface area (Å²) in [7, 11) is 0. The van der Waals surface area contributed by atoms with Gasteiger partial charge in [-0.15, -0.1) is 0 Å². The number of hydrogen-bond acceptors (Lipinski definition) is 5. The van der Waals surface area contributed by atoms with Crippen molar-refractivity contribution in [3.8, 4) is 0 Å². The Balaban J connectivity index is 2.28. The quantitative estimate of drug-likeness (QED) is 0.750. The van der Waals surface area contributed by atoms with Gasteiger partial charge in [-0.25, -0.2) is 14.8 Å². The monoisotopic (exact) mass is 286 g/mol. The fourth-order valence-electron chi connectivity index (χ4n) is 1.60. The van der Waals surface area contributed by atoms with Gasteiger partial charge < -0.3 is 16.2 Å². The van der Waals surface area contributed by atoms with Gasteiger partial charge in [0.05, 0.1) is 0 Å². The Hall–Kier alpha value is -3.29. The van der Waals surface area contributed by atoms with Crippen LogP contribution in [0.5, 0.6) is 0 Å². The summed E-state index contributed by atoms with van der Waals surface area (Å²) < 4.78 is 0. The first-order valence-electron chi connectivity index (χ1n) is 5.74. The van der Waals surface area contributed by atoms with Crippen LogP contribution in [0.25, 0.3) is 0 Å². The number of benzene rings is 1. The zero-order chi connectivity index (χ0) is 15.4. The van der Waals surface area contributed by atoms with Gasteiger partial charge in [-0.3, -0.25) is 9.59 Å². The summed E-state index contributed by atoms with van der Waals surface area (Å²) >= 11 is 0. The molecule has 0 atom stereocenters. The topological polar surface area (TPSA) is 135 Å². The highest BCUT2D eigenvalue weighted by molar-refractivity contribution is 6.08. The standard InChI is InChI=1S/C13H10N4O4/c14-11(18)7-2-1-3-8(6-7)17-12(19)9-10(13(20)21)16-5-4-15-9/h1-6H,(H2,14,18)(H,17,19)(H,20,21). The van der Waals surface area contributed by atoms with Crippen molar-refractivity contribution in [2.24, 2.45) is 5.73 Å². The maximum Gasteiger partial charge on any atom is 0.356 e. The van der Waals surface area contributed by atoms with E-state index in [0.717, 1.165) is 0 Å². The molecule has 2 amide bonds. The summed E-state index contributed by atoms with van der Waals surface area (Å²) in [5, 5.41) is 11.4. The molecule has 8 heteroatoms. The molecule has 1 aromatic heterocycles. The van der Waals surface area contributed by atoms with Gasteiger partial charge in [0, 0.05) is 23.6 Å². The minimum Gasteiger partial charge on any atom is -0.476 e. The Bertz CT molecular complexity index is 730. The third kappa shape index (κ3) is 3.18. The van der Waals surface area contributed by atoms with E-state index in [-0.39, 0.29) is 11.3 Å². The van der Waals surface area contributed by atoms with E-state index in [1.54, 1.807) is 0 Å². The van der Waals surface area contributed by atoms with E-state index in [4.69, 9.17) is 10.8 Å². The van der Waals surface area contributed by atoms with Crippen LogP contribution >= 0.6 is 0 Å². The number of carboxylic acids is 1. The molecule has 0 aliphatic heterocycles. The van der Waals surface area contributed by atoms with Crippen LogP contribution in [0.2, 0.25) is 0 Å². The average molecular weight is 286 g/mol. The number of aromatic nitrogens is 2. The first-order valence-corrected chi connectivity index (χ1v) is 5.74. The predicted molar refractivity (Wildman–Crippen MR) is 71.9 cm³/mol. The van der Waals surface area contributed by atoms with E-state index in [1.807, 2.05) is 0 Å². The maximum atomic E-state index is 12.0. The van der Waals surface area contributed by atoms with E-state index >= 15 is 0 Å². The molecule has 0 spiro atoms.